The van der Waals surface area contributed by atoms with Gasteiger partial charge in [0.15, 0.2) is 0 Å². The van der Waals surface area contributed by atoms with Gasteiger partial charge in [-0.3, -0.25) is 4.72 Å². The van der Waals surface area contributed by atoms with Crippen LogP contribution >= 0.6 is 27.5 Å². The summed E-state index contributed by atoms with van der Waals surface area (Å²) in [5.41, 5.74) is 2.15. The summed E-state index contributed by atoms with van der Waals surface area (Å²) in [6.07, 6.45) is 0. The van der Waals surface area contributed by atoms with E-state index in [0.717, 1.165) is 15.6 Å². The van der Waals surface area contributed by atoms with Gasteiger partial charge in [0.05, 0.1) is 10.6 Å². The zero-order valence-electron chi connectivity index (χ0n) is 10.9. The van der Waals surface area contributed by atoms with Gasteiger partial charge in [0.1, 0.15) is 0 Å². The summed E-state index contributed by atoms with van der Waals surface area (Å²) in [6.45, 7) is 3.66. The van der Waals surface area contributed by atoms with Gasteiger partial charge in [-0.1, -0.05) is 33.6 Å². The van der Waals surface area contributed by atoms with Gasteiger partial charge < -0.3 is 0 Å². The maximum atomic E-state index is 12.4. The Balaban J connectivity index is 2.40. The van der Waals surface area contributed by atoms with Crippen molar-refractivity contribution in [3.63, 3.8) is 0 Å². The average molecular weight is 375 g/mol. The van der Waals surface area contributed by atoms with Crippen LogP contribution in [-0.2, 0) is 10.0 Å². The number of hydrogen-bond donors (Lipinski definition) is 1. The zero-order valence-corrected chi connectivity index (χ0v) is 14.1. The van der Waals surface area contributed by atoms with Crippen molar-refractivity contribution in [2.45, 2.75) is 18.7 Å². The largest absolute Gasteiger partial charge is 0.279 e. The van der Waals surface area contributed by atoms with E-state index >= 15 is 0 Å². The smallest absolute Gasteiger partial charge is 0.261 e. The first-order valence-electron chi connectivity index (χ1n) is 5.85. The van der Waals surface area contributed by atoms with Crippen molar-refractivity contribution in [3.05, 3.63) is 57.0 Å². The second-order valence-corrected chi connectivity index (χ2v) is 7.45. The Bertz CT molecular complexity index is 760. The number of nitrogens with one attached hydrogen (secondary N) is 1. The minimum atomic E-state index is -3.62. The van der Waals surface area contributed by atoms with E-state index in [1.807, 2.05) is 13.8 Å². The Labute approximate surface area is 132 Å². The third-order valence-electron chi connectivity index (χ3n) is 2.88. The highest BCUT2D eigenvalue weighted by Gasteiger charge is 2.16. The number of benzene rings is 2. The van der Waals surface area contributed by atoms with E-state index in [-0.39, 0.29) is 4.90 Å². The maximum absolute atomic E-state index is 12.4. The molecule has 20 heavy (non-hydrogen) atoms. The topological polar surface area (TPSA) is 46.2 Å². The van der Waals surface area contributed by atoms with Crippen molar-refractivity contribution in [3.8, 4) is 0 Å². The van der Waals surface area contributed by atoms with Crippen LogP contribution in [0.4, 0.5) is 5.69 Å². The number of aryl methyl sites for hydroxylation is 2. The summed E-state index contributed by atoms with van der Waals surface area (Å²) >= 11 is 9.25. The first-order chi connectivity index (χ1) is 9.29. The number of anilines is 1. The SMILES string of the molecule is Cc1cc(S(=O)(=O)Nc2cc(Cl)ccc2C)ccc1Br. The van der Waals surface area contributed by atoms with Gasteiger partial charge in [-0.15, -0.1) is 0 Å². The van der Waals surface area contributed by atoms with Crippen LogP contribution in [-0.4, -0.2) is 8.42 Å². The summed E-state index contributed by atoms with van der Waals surface area (Å²) in [6, 6.07) is 9.98. The van der Waals surface area contributed by atoms with Crippen LogP contribution < -0.4 is 4.72 Å². The van der Waals surface area contributed by atoms with Crippen molar-refractivity contribution in [1.82, 2.24) is 0 Å². The van der Waals surface area contributed by atoms with Gasteiger partial charge in [-0.25, -0.2) is 8.42 Å². The molecule has 6 heteroatoms. The number of sulfonamides is 1. The molecule has 0 aliphatic rings. The molecule has 2 aromatic rings. The van der Waals surface area contributed by atoms with E-state index in [1.54, 1.807) is 36.4 Å². The summed E-state index contributed by atoms with van der Waals surface area (Å²) in [5, 5.41) is 0.486. The molecule has 0 bridgehead atoms. The molecular weight excluding hydrogens is 362 g/mol. The number of halogens is 2. The molecule has 2 rings (SSSR count). The lowest BCUT2D eigenvalue weighted by Crippen LogP contribution is -2.14. The molecule has 0 saturated heterocycles. The first kappa shape index (κ1) is 15.4. The Morgan fingerprint density at radius 2 is 1.75 bits per heavy atom. The van der Waals surface area contributed by atoms with Crippen LogP contribution in [0, 0.1) is 13.8 Å². The lowest BCUT2D eigenvalue weighted by Gasteiger charge is -2.11. The molecule has 0 aliphatic heterocycles. The molecule has 0 aromatic heterocycles. The minimum Gasteiger partial charge on any atom is -0.279 e. The molecule has 2 aromatic carbocycles. The van der Waals surface area contributed by atoms with E-state index in [0.29, 0.717) is 10.7 Å². The van der Waals surface area contributed by atoms with Crippen molar-refractivity contribution in [2.75, 3.05) is 4.72 Å². The molecule has 1 N–H and O–H groups in total. The highest BCUT2D eigenvalue weighted by molar-refractivity contribution is 9.10. The first-order valence-corrected chi connectivity index (χ1v) is 8.50. The van der Waals surface area contributed by atoms with Gasteiger partial charge in [0, 0.05) is 9.50 Å². The van der Waals surface area contributed by atoms with Crippen LogP contribution in [0.2, 0.25) is 5.02 Å². The third kappa shape index (κ3) is 3.34. The molecule has 0 heterocycles. The average Bonchev–Trinajstić information content (AvgIpc) is 2.36. The number of hydrogen-bond acceptors (Lipinski definition) is 2. The molecule has 0 spiro atoms. The quantitative estimate of drug-likeness (QED) is 0.858. The summed E-state index contributed by atoms with van der Waals surface area (Å²) in [7, 11) is -3.62. The van der Waals surface area contributed by atoms with E-state index < -0.39 is 10.0 Å². The third-order valence-corrected chi connectivity index (χ3v) is 5.37. The van der Waals surface area contributed by atoms with E-state index in [4.69, 9.17) is 11.6 Å². The molecule has 0 fully saturated rings. The molecule has 0 amide bonds. The molecule has 3 nitrogen and oxygen atoms in total. The van der Waals surface area contributed by atoms with Crippen molar-refractivity contribution in [2.24, 2.45) is 0 Å². The monoisotopic (exact) mass is 373 g/mol. The molecule has 0 radical (unpaired) electrons. The van der Waals surface area contributed by atoms with E-state index in [1.165, 1.54) is 0 Å². The lowest BCUT2D eigenvalue weighted by atomic mass is 10.2. The standard InChI is InChI=1S/C14H13BrClNO2S/c1-9-3-4-11(16)8-14(9)17-20(18,19)12-5-6-13(15)10(2)7-12/h3-8,17H,1-2H3. The van der Waals surface area contributed by atoms with Crippen LogP contribution in [0.15, 0.2) is 45.8 Å². The van der Waals surface area contributed by atoms with E-state index in [2.05, 4.69) is 20.7 Å². The molecule has 0 unspecified atom stereocenters. The highest BCUT2D eigenvalue weighted by Crippen LogP contribution is 2.25. The fourth-order valence-corrected chi connectivity index (χ4v) is 3.32. The predicted molar refractivity (Wildman–Crippen MR) is 85.9 cm³/mol. The van der Waals surface area contributed by atoms with Gasteiger partial charge >= 0.3 is 0 Å². The van der Waals surface area contributed by atoms with Gasteiger partial charge in [0.25, 0.3) is 10.0 Å². The van der Waals surface area contributed by atoms with E-state index in [9.17, 15) is 8.42 Å². The maximum Gasteiger partial charge on any atom is 0.261 e. The van der Waals surface area contributed by atoms with Crippen LogP contribution in [0.5, 0.6) is 0 Å². The van der Waals surface area contributed by atoms with Crippen LogP contribution in [0.3, 0.4) is 0 Å². The summed E-state index contributed by atoms with van der Waals surface area (Å²) in [4.78, 5) is 0.220. The molecule has 0 saturated carbocycles. The summed E-state index contributed by atoms with van der Waals surface area (Å²) in [5.74, 6) is 0. The Hall–Kier alpha value is -1.04. The Morgan fingerprint density at radius 1 is 1.05 bits per heavy atom. The van der Waals surface area contributed by atoms with Gasteiger partial charge in [0.2, 0.25) is 0 Å². The van der Waals surface area contributed by atoms with Gasteiger partial charge in [-0.2, -0.15) is 0 Å². The molecule has 0 atom stereocenters. The Kier molecular flexibility index (Phi) is 4.42. The zero-order chi connectivity index (χ0) is 14.9. The molecular formula is C14H13BrClNO2S. The van der Waals surface area contributed by atoms with Crippen LogP contribution in [0.25, 0.3) is 0 Å². The van der Waals surface area contributed by atoms with Crippen molar-refractivity contribution < 1.29 is 8.42 Å². The summed E-state index contributed by atoms with van der Waals surface area (Å²) < 4.78 is 28.2. The van der Waals surface area contributed by atoms with Gasteiger partial charge in [-0.05, 0) is 55.3 Å². The van der Waals surface area contributed by atoms with Crippen LogP contribution in [0.1, 0.15) is 11.1 Å². The number of rotatable bonds is 3. The predicted octanol–water partition coefficient (Wildman–Crippen LogP) is 4.52. The highest BCUT2D eigenvalue weighted by atomic mass is 79.9. The second kappa shape index (κ2) is 5.76. The normalized spacial score (nSPS) is 11.4. The van der Waals surface area contributed by atoms with Crippen molar-refractivity contribution in [1.29, 1.82) is 0 Å². The molecule has 106 valence electrons. The Morgan fingerprint density at radius 3 is 2.40 bits per heavy atom. The molecule has 0 aliphatic carbocycles. The minimum absolute atomic E-state index is 0.220. The second-order valence-electron chi connectivity index (χ2n) is 4.48. The van der Waals surface area contributed by atoms with Crippen molar-refractivity contribution >= 4 is 43.2 Å². The fourth-order valence-electron chi connectivity index (χ4n) is 1.69. The lowest BCUT2D eigenvalue weighted by molar-refractivity contribution is 0.601. The fraction of sp³-hybridized carbons (Fsp3) is 0.143.